The molecule has 1 fully saturated rings. The van der Waals surface area contributed by atoms with Crippen LogP contribution in [0.1, 0.15) is 17.5 Å². The number of alkyl halides is 3. The summed E-state index contributed by atoms with van der Waals surface area (Å²) in [6.07, 6.45) is -4.11. The summed E-state index contributed by atoms with van der Waals surface area (Å²) in [5.41, 5.74) is 4.07. The van der Waals surface area contributed by atoms with Crippen LogP contribution < -0.4 is 11.1 Å². The highest BCUT2D eigenvalue weighted by Crippen LogP contribution is 2.33. The molecule has 4 nitrogen and oxygen atoms in total. The van der Waals surface area contributed by atoms with E-state index in [1.54, 1.807) is 0 Å². The van der Waals surface area contributed by atoms with E-state index >= 15 is 0 Å². The number of anilines is 1. The molecule has 20 heavy (non-hydrogen) atoms. The first-order valence-electron chi connectivity index (χ1n) is 6.08. The van der Waals surface area contributed by atoms with Crippen LogP contribution in [0, 0.1) is 6.92 Å². The molecule has 0 aromatic heterocycles. The minimum atomic E-state index is -4.46. The molecule has 1 aliphatic heterocycles. The van der Waals surface area contributed by atoms with Crippen LogP contribution in [-0.4, -0.2) is 24.7 Å². The Kier molecular flexibility index (Phi) is 3.75. The standard InChI is InChI=1S/C13H15F3N2O2/c1-8-2-3-9(6-10(8)13(14,15)16)18-11(19)12(17)4-5-20-7-12/h2-3,6H,4-5,7,17H2,1H3,(H,18,19). The van der Waals surface area contributed by atoms with Gasteiger partial charge in [-0.25, -0.2) is 0 Å². The summed E-state index contributed by atoms with van der Waals surface area (Å²) in [5.74, 6) is -0.535. The molecule has 1 aromatic rings. The van der Waals surface area contributed by atoms with Gasteiger partial charge >= 0.3 is 6.18 Å². The van der Waals surface area contributed by atoms with Gasteiger partial charge in [0.1, 0.15) is 5.54 Å². The maximum absolute atomic E-state index is 12.8. The van der Waals surface area contributed by atoms with E-state index in [4.69, 9.17) is 10.5 Å². The fraction of sp³-hybridized carbons (Fsp3) is 0.462. The Morgan fingerprint density at radius 1 is 1.45 bits per heavy atom. The monoisotopic (exact) mass is 288 g/mol. The van der Waals surface area contributed by atoms with Gasteiger partial charge in [0, 0.05) is 12.3 Å². The van der Waals surface area contributed by atoms with Crippen molar-refractivity contribution in [3.63, 3.8) is 0 Å². The van der Waals surface area contributed by atoms with Crippen molar-refractivity contribution in [1.82, 2.24) is 0 Å². The predicted molar refractivity (Wildman–Crippen MR) is 67.2 cm³/mol. The lowest BCUT2D eigenvalue weighted by Gasteiger charge is -2.21. The van der Waals surface area contributed by atoms with Crippen molar-refractivity contribution in [2.75, 3.05) is 18.5 Å². The quantitative estimate of drug-likeness (QED) is 0.875. The molecule has 7 heteroatoms. The Balaban J connectivity index is 2.20. The number of nitrogens with one attached hydrogen (secondary N) is 1. The number of halogens is 3. The maximum Gasteiger partial charge on any atom is 0.416 e. The zero-order chi connectivity index (χ0) is 15.0. The van der Waals surface area contributed by atoms with E-state index in [1.165, 1.54) is 19.1 Å². The van der Waals surface area contributed by atoms with Crippen LogP contribution >= 0.6 is 0 Å². The highest BCUT2D eigenvalue weighted by atomic mass is 19.4. The molecule has 2 rings (SSSR count). The number of amides is 1. The number of hydrogen-bond donors (Lipinski definition) is 2. The Labute approximate surface area is 114 Å². The summed E-state index contributed by atoms with van der Waals surface area (Å²) in [4.78, 5) is 12.0. The van der Waals surface area contributed by atoms with Crippen LogP contribution in [0.5, 0.6) is 0 Å². The molecule has 1 unspecified atom stereocenters. The molecule has 1 amide bonds. The molecule has 110 valence electrons. The summed E-state index contributed by atoms with van der Waals surface area (Å²) in [6.45, 7) is 1.80. The molecule has 1 heterocycles. The van der Waals surface area contributed by atoms with E-state index in [0.29, 0.717) is 13.0 Å². The zero-order valence-corrected chi connectivity index (χ0v) is 10.9. The predicted octanol–water partition coefficient (Wildman–Crippen LogP) is 2.07. The second-order valence-corrected chi connectivity index (χ2v) is 4.94. The van der Waals surface area contributed by atoms with Crippen molar-refractivity contribution in [2.24, 2.45) is 5.73 Å². The van der Waals surface area contributed by atoms with Gasteiger partial charge in [0.15, 0.2) is 0 Å². The van der Waals surface area contributed by atoms with Gasteiger partial charge in [-0.3, -0.25) is 4.79 Å². The highest BCUT2D eigenvalue weighted by Gasteiger charge is 2.38. The topological polar surface area (TPSA) is 64.4 Å². The first-order valence-corrected chi connectivity index (χ1v) is 6.08. The molecule has 0 saturated carbocycles. The smallest absolute Gasteiger partial charge is 0.379 e. The van der Waals surface area contributed by atoms with Gasteiger partial charge in [0.05, 0.1) is 12.2 Å². The van der Waals surface area contributed by atoms with Crippen LogP contribution in [0.2, 0.25) is 0 Å². The van der Waals surface area contributed by atoms with Crippen molar-refractivity contribution < 1.29 is 22.7 Å². The lowest BCUT2D eigenvalue weighted by Crippen LogP contribution is -2.51. The number of carbonyl (C=O) groups is 1. The number of carbonyl (C=O) groups excluding carboxylic acids is 1. The van der Waals surface area contributed by atoms with Gasteiger partial charge in [-0.15, -0.1) is 0 Å². The van der Waals surface area contributed by atoms with Crippen LogP contribution in [-0.2, 0) is 15.7 Å². The van der Waals surface area contributed by atoms with E-state index < -0.39 is 23.2 Å². The lowest BCUT2D eigenvalue weighted by molar-refractivity contribution is -0.138. The molecule has 0 bridgehead atoms. The first kappa shape index (κ1) is 14.8. The van der Waals surface area contributed by atoms with Gasteiger partial charge in [-0.1, -0.05) is 6.07 Å². The zero-order valence-electron chi connectivity index (χ0n) is 10.9. The fourth-order valence-corrected chi connectivity index (χ4v) is 2.02. The summed E-state index contributed by atoms with van der Waals surface area (Å²) < 4.78 is 43.4. The highest BCUT2D eigenvalue weighted by molar-refractivity contribution is 5.98. The molecular weight excluding hydrogens is 273 g/mol. The Hall–Kier alpha value is -1.60. The van der Waals surface area contributed by atoms with E-state index in [-0.39, 0.29) is 17.9 Å². The SMILES string of the molecule is Cc1ccc(NC(=O)C2(N)CCOC2)cc1C(F)(F)F. The van der Waals surface area contributed by atoms with Crippen LogP contribution in [0.3, 0.4) is 0 Å². The second kappa shape index (κ2) is 5.06. The van der Waals surface area contributed by atoms with E-state index in [1.807, 2.05) is 0 Å². The number of rotatable bonds is 2. The molecule has 1 aromatic carbocycles. The third kappa shape index (κ3) is 2.94. The van der Waals surface area contributed by atoms with Crippen molar-refractivity contribution in [1.29, 1.82) is 0 Å². The number of hydrogen-bond acceptors (Lipinski definition) is 3. The summed E-state index contributed by atoms with van der Waals surface area (Å²) in [5, 5.41) is 2.42. The molecule has 1 atom stereocenters. The van der Waals surface area contributed by atoms with Crippen LogP contribution in [0.15, 0.2) is 18.2 Å². The average molecular weight is 288 g/mol. The number of ether oxygens (including phenoxy) is 1. The van der Waals surface area contributed by atoms with Crippen molar-refractivity contribution in [3.8, 4) is 0 Å². The second-order valence-electron chi connectivity index (χ2n) is 4.94. The van der Waals surface area contributed by atoms with Gasteiger partial charge < -0.3 is 15.8 Å². The maximum atomic E-state index is 12.8. The third-order valence-electron chi connectivity index (χ3n) is 3.31. The molecule has 0 aliphatic carbocycles. The van der Waals surface area contributed by atoms with Gasteiger partial charge in [-0.05, 0) is 31.0 Å². The van der Waals surface area contributed by atoms with Crippen LogP contribution in [0.25, 0.3) is 0 Å². The first-order chi connectivity index (χ1) is 9.22. The molecular formula is C13H15F3N2O2. The number of benzene rings is 1. The number of nitrogens with two attached hydrogens (primary N) is 1. The average Bonchev–Trinajstić information content (AvgIpc) is 2.78. The Morgan fingerprint density at radius 2 is 2.15 bits per heavy atom. The lowest BCUT2D eigenvalue weighted by atomic mass is 9.99. The number of aryl methyl sites for hydroxylation is 1. The van der Waals surface area contributed by atoms with Crippen molar-refractivity contribution >= 4 is 11.6 Å². The van der Waals surface area contributed by atoms with Gasteiger partial charge in [-0.2, -0.15) is 13.2 Å². The Morgan fingerprint density at radius 3 is 2.70 bits per heavy atom. The van der Waals surface area contributed by atoms with E-state index in [2.05, 4.69) is 5.32 Å². The molecule has 0 radical (unpaired) electrons. The fourth-order valence-electron chi connectivity index (χ4n) is 2.02. The minimum absolute atomic E-state index is 0.0663. The van der Waals surface area contributed by atoms with Gasteiger partial charge in [0.2, 0.25) is 5.91 Å². The van der Waals surface area contributed by atoms with Crippen LogP contribution in [0.4, 0.5) is 18.9 Å². The Bertz CT molecular complexity index is 523. The molecule has 1 saturated heterocycles. The normalized spacial score (nSPS) is 22.9. The molecule has 3 N–H and O–H groups in total. The van der Waals surface area contributed by atoms with E-state index in [9.17, 15) is 18.0 Å². The summed E-state index contributed by atoms with van der Waals surface area (Å²) >= 11 is 0. The summed E-state index contributed by atoms with van der Waals surface area (Å²) in [7, 11) is 0. The van der Waals surface area contributed by atoms with Gasteiger partial charge in [0.25, 0.3) is 0 Å². The largest absolute Gasteiger partial charge is 0.416 e. The molecule has 0 spiro atoms. The molecule has 1 aliphatic rings. The van der Waals surface area contributed by atoms with Crippen molar-refractivity contribution in [3.05, 3.63) is 29.3 Å². The summed E-state index contributed by atoms with van der Waals surface area (Å²) in [6, 6.07) is 3.64. The minimum Gasteiger partial charge on any atom is -0.379 e. The van der Waals surface area contributed by atoms with E-state index in [0.717, 1.165) is 6.07 Å². The third-order valence-corrected chi connectivity index (χ3v) is 3.31. The van der Waals surface area contributed by atoms with Crippen molar-refractivity contribution in [2.45, 2.75) is 25.1 Å².